The highest BCUT2D eigenvalue weighted by atomic mass is 19.3. The fourth-order valence-electron chi connectivity index (χ4n) is 4.50. The van der Waals surface area contributed by atoms with Crippen LogP contribution in [0.2, 0.25) is 0 Å². The molecule has 9 heteroatoms. The third-order valence-electron chi connectivity index (χ3n) is 6.67. The lowest BCUT2D eigenvalue weighted by molar-refractivity contribution is -0.177. The zero-order valence-electron chi connectivity index (χ0n) is 22.2. The van der Waals surface area contributed by atoms with Gasteiger partial charge < -0.3 is 9.47 Å². The molecule has 4 rings (SSSR count). The van der Waals surface area contributed by atoms with Crippen LogP contribution in [0.3, 0.4) is 0 Å². The quantitative estimate of drug-likeness (QED) is 0.386. The summed E-state index contributed by atoms with van der Waals surface area (Å²) in [4.78, 5) is 30.8. The molecule has 0 N–H and O–H groups in total. The first-order valence-corrected chi connectivity index (χ1v) is 12.9. The number of nitrogens with zero attached hydrogens (tertiary/aromatic N) is 3. The summed E-state index contributed by atoms with van der Waals surface area (Å²) in [5.41, 5.74) is 1.87. The fraction of sp³-hybridized carbons (Fsp3) is 0.414. The van der Waals surface area contributed by atoms with Gasteiger partial charge in [-0.25, -0.2) is 4.79 Å². The Morgan fingerprint density at radius 1 is 1.08 bits per heavy atom. The molecule has 0 bridgehead atoms. The molecule has 0 radical (unpaired) electrons. The maximum absolute atomic E-state index is 13.9. The van der Waals surface area contributed by atoms with Crippen LogP contribution in [0.15, 0.2) is 63.1 Å². The second-order valence-corrected chi connectivity index (χ2v) is 9.65. The summed E-state index contributed by atoms with van der Waals surface area (Å²) in [6.07, 6.45) is -1.52. The number of fused-ring (bicyclic) bond motifs is 1. The van der Waals surface area contributed by atoms with Gasteiger partial charge in [0.1, 0.15) is 17.3 Å². The number of aromatic nitrogens is 2. The summed E-state index contributed by atoms with van der Waals surface area (Å²) in [7, 11) is 1.48. The Hall–Kier alpha value is -3.75. The SMILES string of the molecule is CCCn1c2c(c(=O)n(C)c1=O)CCC(Cc1ccc(C)cc1)C(Oc1cccc(OC(F)(F)CC)c1)=N2. The van der Waals surface area contributed by atoms with E-state index in [9.17, 15) is 18.4 Å². The van der Waals surface area contributed by atoms with Gasteiger partial charge >= 0.3 is 11.8 Å². The first kappa shape index (κ1) is 27.3. The molecule has 1 unspecified atom stereocenters. The van der Waals surface area contributed by atoms with E-state index in [4.69, 9.17) is 14.5 Å². The minimum Gasteiger partial charge on any atom is -0.442 e. The molecule has 0 fully saturated rings. The smallest absolute Gasteiger partial charge is 0.397 e. The molecule has 1 aliphatic rings. The number of halogens is 2. The molecule has 0 spiro atoms. The van der Waals surface area contributed by atoms with E-state index in [1.54, 1.807) is 12.1 Å². The number of aryl methyl sites for hydroxylation is 1. The van der Waals surface area contributed by atoms with Crippen molar-refractivity contribution in [3.05, 3.63) is 86.1 Å². The standard InChI is InChI=1S/C29H33F2N3O4/c1-5-16-34-25-24(27(35)33(4)28(34)36)15-14-21(17-20-12-10-19(3)11-13-20)26(32-25)37-22-8-7-9-23(18-22)38-29(30,31)6-2/h7-13,18,21H,5-6,14-17H2,1-4H3. The summed E-state index contributed by atoms with van der Waals surface area (Å²) >= 11 is 0. The maximum Gasteiger partial charge on any atom is 0.397 e. The van der Waals surface area contributed by atoms with Crippen LogP contribution in [0.25, 0.3) is 0 Å². The molecule has 1 atom stereocenters. The number of hydrogen-bond acceptors (Lipinski definition) is 5. The average Bonchev–Trinajstić information content (AvgIpc) is 3.06. The molecule has 3 aromatic rings. The van der Waals surface area contributed by atoms with Crippen molar-refractivity contribution in [1.82, 2.24) is 9.13 Å². The van der Waals surface area contributed by atoms with Crippen molar-refractivity contribution in [2.24, 2.45) is 18.0 Å². The monoisotopic (exact) mass is 525 g/mol. The van der Waals surface area contributed by atoms with E-state index in [1.165, 1.54) is 30.7 Å². The highest BCUT2D eigenvalue weighted by Crippen LogP contribution is 2.31. The highest BCUT2D eigenvalue weighted by molar-refractivity contribution is 5.84. The number of aliphatic imine (C=N–C) groups is 1. The normalized spacial score (nSPS) is 15.4. The Bertz CT molecular complexity index is 1440. The molecule has 38 heavy (non-hydrogen) atoms. The number of hydrogen-bond donors (Lipinski definition) is 0. The molecule has 202 valence electrons. The molecular formula is C29H33F2N3O4. The van der Waals surface area contributed by atoms with Crippen molar-refractivity contribution in [2.45, 2.75) is 65.5 Å². The summed E-state index contributed by atoms with van der Waals surface area (Å²) in [5.74, 6) is 0.642. The molecule has 7 nitrogen and oxygen atoms in total. The summed E-state index contributed by atoms with van der Waals surface area (Å²) in [6, 6.07) is 14.2. The van der Waals surface area contributed by atoms with Gasteiger partial charge in [0.2, 0.25) is 0 Å². The van der Waals surface area contributed by atoms with Gasteiger partial charge in [-0.2, -0.15) is 13.8 Å². The van der Waals surface area contributed by atoms with Crippen LogP contribution < -0.4 is 20.7 Å². The molecule has 0 amide bonds. The number of alkyl halides is 2. The second kappa shape index (κ2) is 11.3. The van der Waals surface area contributed by atoms with E-state index in [-0.39, 0.29) is 23.0 Å². The van der Waals surface area contributed by atoms with Crippen molar-refractivity contribution >= 4 is 11.7 Å². The molecule has 0 saturated heterocycles. The van der Waals surface area contributed by atoms with Gasteiger partial charge in [-0.1, -0.05) is 49.7 Å². The zero-order chi connectivity index (χ0) is 27.4. The predicted octanol–water partition coefficient (Wildman–Crippen LogP) is 5.56. The van der Waals surface area contributed by atoms with Gasteiger partial charge in [0.05, 0.1) is 5.56 Å². The molecule has 0 saturated carbocycles. The lowest BCUT2D eigenvalue weighted by atomic mass is 9.93. The van der Waals surface area contributed by atoms with Crippen LogP contribution >= 0.6 is 0 Å². The van der Waals surface area contributed by atoms with Crippen molar-refractivity contribution < 1.29 is 18.3 Å². The Kier molecular flexibility index (Phi) is 8.14. The van der Waals surface area contributed by atoms with Gasteiger partial charge in [0, 0.05) is 32.0 Å². The van der Waals surface area contributed by atoms with Crippen molar-refractivity contribution in [3.8, 4) is 11.5 Å². The van der Waals surface area contributed by atoms with Crippen LogP contribution in [0.1, 0.15) is 49.8 Å². The summed E-state index contributed by atoms with van der Waals surface area (Å²) in [6.45, 7) is 5.69. The number of benzene rings is 2. The van der Waals surface area contributed by atoms with Gasteiger partial charge in [-0.3, -0.25) is 13.9 Å². The number of rotatable bonds is 8. The largest absolute Gasteiger partial charge is 0.442 e. The summed E-state index contributed by atoms with van der Waals surface area (Å²) < 4.78 is 41.4. The van der Waals surface area contributed by atoms with Crippen LogP contribution in [0.5, 0.6) is 11.5 Å². The Morgan fingerprint density at radius 2 is 1.79 bits per heavy atom. The van der Waals surface area contributed by atoms with E-state index >= 15 is 0 Å². The fourth-order valence-corrected chi connectivity index (χ4v) is 4.50. The summed E-state index contributed by atoms with van der Waals surface area (Å²) in [5, 5.41) is 0. The van der Waals surface area contributed by atoms with Crippen LogP contribution in [0.4, 0.5) is 14.6 Å². The zero-order valence-corrected chi connectivity index (χ0v) is 22.2. The molecule has 1 aromatic heterocycles. The predicted molar refractivity (Wildman–Crippen MR) is 143 cm³/mol. The first-order chi connectivity index (χ1) is 18.1. The number of ether oxygens (including phenoxy) is 2. The van der Waals surface area contributed by atoms with Gasteiger partial charge in [-0.15, -0.1) is 0 Å². The third-order valence-corrected chi connectivity index (χ3v) is 6.67. The average molecular weight is 526 g/mol. The third kappa shape index (κ3) is 6.03. The van der Waals surface area contributed by atoms with Crippen molar-refractivity contribution in [1.29, 1.82) is 0 Å². The second-order valence-electron chi connectivity index (χ2n) is 9.65. The van der Waals surface area contributed by atoms with Crippen LogP contribution in [0, 0.1) is 12.8 Å². The Balaban J connectivity index is 1.79. The van der Waals surface area contributed by atoms with E-state index in [2.05, 4.69) is 0 Å². The topological polar surface area (TPSA) is 74.8 Å². The van der Waals surface area contributed by atoms with Crippen LogP contribution in [-0.2, 0) is 26.4 Å². The van der Waals surface area contributed by atoms with Crippen molar-refractivity contribution in [2.75, 3.05) is 0 Å². The minimum atomic E-state index is -3.30. The van der Waals surface area contributed by atoms with Gasteiger partial charge in [0.15, 0.2) is 5.90 Å². The molecule has 2 aromatic carbocycles. The van der Waals surface area contributed by atoms with Crippen molar-refractivity contribution in [3.63, 3.8) is 0 Å². The van der Waals surface area contributed by atoms with E-state index < -0.39 is 18.2 Å². The maximum atomic E-state index is 13.9. The molecule has 0 aliphatic carbocycles. The molecule has 2 heterocycles. The lowest BCUT2D eigenvalue weighted by Gasteiger charge is -2.20. The molecular weight excluding hydrogens is 492 g/mol. The first-order valence-electron chi connectivity index (χ1n) is 12.9. The van der Waals surface area contributed by atoms with E-state index in [0.717, 1.165) is 15.7 Å². The van der Waals surface area contributed by atoms with Crippen LogP contribution in [-0.4, -0.2) is 21.1 Å². The van der Waals surface area contributed by atoms with E-state index in [1.807, 2.05) is 38.1 Å². The minimum absolute atomic E-state index is 0.0317. The molecule has 1 aliphatic heterocycles. The highest BCUT2D eigenvalue weighted by Gasteiger charge is 2.30. The Labute approximate surface area is 220 Å². The van der Waals surface area contributed by atoms with Gasteiger partial charge in [-0.05, 0) is 50.3 Å². The van der Waals surface area contributed by atoms with E-state index in [0.29, 0.717) is 49.5 Å². The Morgan fingerprint density at radius 3 is 2.47 bits per heavy atom. The lowest BCUT2D eigenvalue weighted by Crippen LogP contribution is -2.39. The van der Waals surface area contributed by atoms with Gasteiger partial charge in [0.25, 0.3) is 5.56 Å².